The lowest BCUT2D eigenvalue weighted by Crippen LogP contribution is -2.49. The summed E-state index contributed by atoms with van der Waals surface area (Å²) in [5.74, 6) is 1.56. The standard InChI is InChI=1S/C24H23BrN6O/c1-16-15-17(2)31(28-16)23-22(26-20-9-5-6-10-21(20)27-23)29-11-13-30(14-12-29)24(32)18-7-3-4-8-19(18)25/h3-10,15H,11-14H2,1-2H3. The first-order chi connectivity index (χ1) is 15.5. The molecular weight excluding hydrogens is 468 g/mol. The van der Waals surface area contributed by atoms with E-state index in [-0.39, 0.29) is 5.91 Å². The van der Waals surface area contributed by atoms with Gasteiger partial charge in [0, 0.05) is 36.3 Å². The minimum absolute atomic E-state index is 0.0421. The third-order valence-corrected chi connectivity index (χ3v) is 6.41. The van der Waals surface area contributed by atoms with Crippen molar-refractivity contribution in [3.63, 3.8) is 0 Å². The van der Waals surface area contributed by atoms with E-state index < -0.39 is 0 Å². The van der Waals surface area contributed by atoms with Crippen LogP contribution in [0, 0.1) is 13.8 Å². The third-order valence-electron chi connectivity index (χ3n) is 5.72. The van der Waals surface area contributed by atoms with Gasteiger partial charge in [-0.25, -0.2) is 14.6 Å². The molecule has 0 bridgehead atoms. The van der Waals surface area contributed by atoms with Crippen molar-refractivity contribution in [3.05, 3.63) is 76.0 Å². The van der Waals surface area contributed by atoms with E-state index in [9.17, 15) is 4.79 Å². The molecule has 0 aliphatic carbocycles. The summed E-state index contributed by atoms with van der Waals surface area (Å²) in [4.78, 5) is 27.0. The van der Waals surface area contributed by atoms with Crippen LogP contribution in [0.15, 0.2) is 59.1 Å². The minimum atomic E-state index is 0.0421. The molecule has 1 aliphatic rings. The van der Waals surface area contributed by atoms with Gasteiger partial charge in [0.15, 0.2) is 11.6 Å². The van der Waals surface area contributed by atoms with E-state index in [0.29, 0.717) is 31.7 Å². The Bertz CT molecular complexity index is 1310. The van der Waals surface area contributed by atoms with E-state index >= 15 is 0 Å². The van der Waals surface area contributed by atoms with Crippen molar-refractivity contribution >= 4 is 38.7 Å². The second-order valence-electron chi connectivity index (χ2n) is 7.96. The van der Waals surface area contributed by atoms with Crippen LogP contribution in [0.25, 0.3) is 16.9 Å². The molecule has 0 saturated carbocycles. The minimum Gasteiger partial charge on any atom is -0.350 e. The van der Waals surface area contributed by atoms with E-state index in [1.165, 1.54) is 0 Å². The van der Waals surface area contributed by atoms with E-state index in [1.54, 1.807) is 0 Å². The molecule has 3 heterocycles. The zero-order chi connectivity index (χ0) is 22.2. The van der Waals surface area contributed by atoms with Gasteiger partial charge in [0.1, 0.15) is 0 Å². The molecule has 8 heteroatoms. The number of fused-ring (bicyclic) bond motifs is 1. The number of nitrogens with zero attached hydrogens (tertiary/aromatic N) is 6. The van der Waals surface area contributed by atoms with Gasteiger partial charge >= 0.3 is 0 Å². The largest absolute Gasteiger partial charge is 0.350 e. The first kappa shape index (κ1) is 20.6. The van der Waals surface area contributed by atoms with Gasteiger partial charge < -0.3 is 9.80 Å². The molecule has 2 aromatic carbocycles. The summed E-state index contributed by atoms with van der Waals surface area (Å²) in [6.07, 6.45) is 0. The highest BCUT2D eigenvalue weighted by Crippen LogP contribution is 2.27. The smallest absolute Gasteiger partial charge is 0.255 e. The molecule has 0 unspecified atom stereocenters. The lowest BCUT2D eigenvalue weighted by Gasteiger charge is -2.36. The van der Waals surface area contributed by atoms with Crippen molar-refractivity contribution in [1.29, 1.82) is 0 Å². The molecule has 0 atom stereocenters. The van der Waals surface area contributed by atoms with Crippen LogP contribution in [0.3, 0.4) is 0 Å². The third kappa shape index (κ3) is 3.75. The van der Waals surface area contributed by atoms with Crippen LogP contribution in [0.1, 0.15) is 21.7 Å². The van der Waals surface area contributed by atoms with Crippen LogP contribution in [-0.2, 0) is 0 Å². The molecule has 0 N–H and O–H groups in total. The summed E-state index contributed by atoms with van der Waals surface area (Å²) in [5.41, 5.74) is 4.32. The van der Waals surface area contributed by atoms with Crippen LogP contribution >= 0.6 is 15.9 Å². The average Bonchev–Trinajstić information content (AvgIpc) is 3.16. The Kier molecular flexibility index (Phi) is 5.38. The van der Waals surface area contributed by atoms with Gasteiger partial charge in [-0.1, -0.05) is 24.3 Å². The molecule has 0 radical (unpaired) electrons. The van der Waals surface area contributed by atoms with Gasteiger partial charge in [-0.05, 0) is 60.1 Å². The number of carbonyl (C=O) groups is 1. The fourth-order valence-corrected chi connectivity index (χ4v) is 4.56. The van der Waals surface area contributed by atoms with Crippen molar-refractivity contribution in [1.82, 2.24) is 24.6 Å². The first-order valence-electron chi connectivity index (χ1n) is 10.6. The van der Waals surface area contributed by atoms with Gasteiger partial charge in [-0.3, -0.25) is 4.79 Å². The number of hydrogen-bond acceptors (Lipinski definition) is 5. The molecule has 1 fully saturated rings. The number of anilines is 1. The Morgan fingerprint density at radius 1 is 0.875 bits per heavy atom. The number of aryl methyl sites for hydroxylation is 2. The second-order valence-corrected chi connectivity index (χ2v) is 8.81. The first-order valence-corrected chi connectivity index (χ1v) is 11.4. The Labute approximate surface area is 194 Å². The summed E-state index contributed by atoms with van der Waals surface area (Å²) in [7, 11) is 0. The molecule has 5 rings (SSSR count). The molecule has 7 nitrogen and oxygen atoms in total. The predicted molar refractivity (Wildman–Crippen MR) is 128 cm³/mol. The number of halogens is 1. The van der Waals surface area contributed by atoms with Gasteiger partial charge in [-0.2, -0.15) is 5.10 Å². The van der Waals surface area contributed by atoms with Crippen LogP contribution in [0.5, 0.6) is 0 Å². The predicted octanol–water partition coefficient (Wildman–Crippen LogP) is 4.16. The second kappa shape index (κ2) is 8.35. The Morgan fingerprint density at radius 3 is 2.12 bits per heavy atom. The topological polar surface area (TPSA) is 67.2 Å². The fraction of sp³-hybridized carbons (Fsp3) is 0.250. The van der Waals surface area contributed by atoms with Crippen molar-refractivity contribution in [3.8, 4) is 5.82 Å². The molecule has 1 saturated heterocycles. The number of benzene rings is 2. The maximum absolute atomic E-state index is 13.0. The highest BCUT2D eigenvalue weighted by atomic mass is 79.9. The highest BCUT2D eigenvalue weighted by molar-refractivity contribution is 9.10. The van der Waals surface area contributed by atoms with Crippen molar-refractivity contribution in [2.24, 2.45) is 0 Å². The van der Waals surface area contributed by atoms with Gasteiger partial charge in [0.2, 0.25) is 0 Å². The SMILES string of the molecule is Cc1cc(C)n(-c2nc3ccccc3nc2N2CCN(C(=O)c3ccccc3Br)CC2)n1. The van der Waals surface area contributed by atoms with E-state index in [1.807, 2.05) is 78.0 Å². The summed E-state index contributed by atoms with van der Waals surface area (Å²) in [6.45, 7) is 6.58. The Balaban J connectivity index is 1.46. The quantitative estimate of drug-likeness (QED) is 0.431. The van der Waals surface area contributed by atoms with Crippen LogP contribution in [0.2, 0.25) is 0 Å². The summed E-state index contributed by atoms with van der Waals surface area (Å²) in [6, 6.07) is 17.5. The average molecular weight is 491 g/mol. The lowest BCUT2D eigenvalue weighted by atomic mass is 10.2. The number of amides is 1. The molecule has 1 aliphatic heterocycles. The molecule has 32 heavy (non-hydrogen) atoms. The lowest BCUT2D eigenvalue weighted by molar-refractivity contribution is 0.0745. The number of para-hydroxylation sites is 2. The molecular formula is C24H23BrN6O. The molecule has 1 amide bonds. The Morgan fingerprint density at radius 2 is 1.50 bits per heavy atom. The van der Waals surface area contributed by atoms with Gasteiger partial charge in [0.25, 0.3) is 5.91 Å². The van der Waals surface area contributed by atoms with Gasteiger partial charge in [-0.15, -0.1) is 0 Å². The number of piperazine rings is 1. The number of aromatic nitrogens is 4. The Hall–Kier alpha value is -3.26. The monoisotopic (exact) mass is 490 g/mol. The van der Waals surface area contributed by atoms with E-state index in [4.69, 9.17) is 9.97 Å². The van der Waals surface area contributed by atoms with Crippen molar-refractivity contribution in [2.45, 2.75) is 13.8 Å². The van der Waals surface area contributed by atoms with Crippen molar-refractivity contribution in [2.75, 3.05) is 31.1 Å². The number of hydrogen-bond donors (Lipinski definition) is 0. The van der Waals surface area contributed by atoms with Crippen LogP contribution < -0.4 is 4.90 Å². The zero-order valence-electron chi connectivity index (χ0n) is 18.0. The highest BCUT2D eigenvalue weighted by Gasteiger charge is 2.27. The number of carbonyl (C=O) groups excluding carboxylic acids is 1. The van der Waals surface area contributed by atoms with Gasteiger partial charge in [0.05, 0.1) is 22.3 Å². The molecule has 4 aromatic rings. The number of rotatable bonds is 3. The fourth-order valence-electron chi connectivity index (χ4n) is 4.11. The van der Waals surface area contributed by atoms with E-state index in [0.717, 1.165) is 38.5 Å². The van der Waals surface area contributed by atoms with Crippen LogP contribution in [-0.4, -0.2) is 56.7 Å². The normalized spacial score (nSPS) is 14.2. The maximum atomic E-state index is 13.0. The maximum Gasteiger partial charge on any atom is 0.255 e. The van der Waals surface area contributed by atoms with Crippen LogP contribution in [0.4, 0.5) is 5.82 Å². The molecule has 0 spiro atoms. The summed E-state index contributed by atoms with van der Waals surface area (Å²) < 4.78 is 2.68. The molecule has 162 valence electrons. The summed E-state index contributed by atoms with van der Waals surface area (Å²) in [5, 5.41) is 4.65. The molecule has 2 aromatic heterocycles. The summed E-state index contributed by atoms with van der Waals surface area (Å²) >= 11 is 3.49. The van der Waals surface area contributed by atoms with E-state index in [2.05, 4.69) is 25.9 Å². The van der Waals surface area contributed by atoms with Crippen molar-refractivity contribution < 1.29 is 4.79 Å². The zero-order valence-corrected chi connectivity index (χ0v) is 19.6.